The zero-order chi connectivity index (χ0) is 40.9. The van der Waals surface area contributed by atoms with E-state index in [1.165, 1.54) is 49.1 Å². The maximum atomic E-state index is 14.1. The van der Waals surface area contributed by atoms with Crippen molar-refractivity contribution in [2.24, 2.45) is 0 Å². The number of methoxy groups -OCH3 is 1. The van der Waals surface area contributed by atoms with Crippen LogP contribution in [0.4, 0.5) is 22.0 Å². The number of amides is 3. The number of halogens is 2. The molecule has 0 unspecified atom stereocenters. The molecule has 4 aromatic carbocycles. The molecule has 0 spiro atoms. The van der Waals surface area contributed by atoms with Gasteiger partial charge in [0.15, 0.2) is 6.61 Å². The molecule has 12 nitrogen and oxygen atoms in total. The van der Waals surface area contributed by atoms with Crippen molar-refractivity contribution in [2.75, 3.05) is 29.7 Å². The van der Waals surface area contributed by atoms with E-state index in [1.807, 2.05) is 12.1 Å². The zero-order valence-corrected chi connectivity index (χ0v) is 33.7. The predicted octanol–water partition coefficient (Wildman–Crippen LogP) is 9.88. The molecule has 56 heavy (non-hydrogen) atoms. The molecule has 0 saturated heterocycles. The van der Waals surface area contributed by atoms with Gasteiger partial charge in [-0.05, 0) is 71.7 Å². The molecule has 14 heteroatoms. The van der Waals surface area contributed by atoms with Crippen LogP contribution in [0.15, 0.2) is 83.7 Å². The van der Waals surface area contributed by atoms with Gasteiger partial charge in [-0.25, -0.2) is 9.48 Å². The lowest BCUT2D eigenvalue weighted by atomic mass is 9.76. The number of hydrogen-bond acceptors (Lipinski definition) is 6. The second-order valence-corrected chi connectivity index (χ2v) is 15.2. The van der Waals surface area contributed by atoms with E-state index in [0.717, 1.165) is 23.1 Å². The van der Waals surface area contributed by atoms with E-state index < -0.39 is 23.5 Å². The quantitative estimate of drug-likeness (QED) is 0.0746. The van der Waals surface area contributed by atoms with E-state index >= 15 is 0 Å². The Bertz CT molecular complexity index is 2350. The monoisotopic (exact) mass is 801 g/mol. The number of carbonyl (C=O) groups excluding carboxylic acids is 2. The molecule has 0 aliphatic carbocycles. The Hall–Kier alpha value is -5.72. The van der Waals surface area contributed by atoms with Crippen molar-refractivity contribution in [3.05, 3.63) is 116 Å². The fourth-order valence-corrected chi connectivity index (χ4v) is 6.63. The average molecular weight is 803 g/mol. The van der Waals surface area contributed by atoms with E-state index in [9.17, 15) is 24.3 Å². The third kappa shape index (κ3) is 8.87. The van der Waals surface area contributed by atoms with Crippen LogP contribution in [0.5, 0.6) is 11.5 Å². The van der Waals surface area contributed by atoms with Gasteiger partial charge in [0.05, 0.1) is 23.4 Å². The summed E-state index contributed by atoms with van der Waals surface area (Å²) in [5.74, 6) is -0.309. The molecule has 0 atom stereocenters. The van der Waals surface area contributed by atoms with E-state index in [1.54, 1.807) is 24.3 Å². The fourth-order valence-electron chi connectivity index (χ4n) is 6.01. The van der Waals surface area contributed by atoms with Gasteiger partial charge < -0.3 is 25.2 Å². The zero-order valence-electron chi connectivity index (χ0n) is 32.2. The van der Waals surface area contributed by atoms with Gasteiger partial charge in [-0.15, -0.1) is 0 Å². The molecular formula is C42H45Cl2N5O7. The first-order chi connectivity index (χ1) is 26.5. The van der Waals surface area contributed by atoms with Crippen LogP contribution in [-0.2, 0) is 15.6 Å². The molecule has 0 fully saturated rings. The second kappa shape index (κ2) is 17.0. The molecule has 294 valence electrons. The SMILES string of the molecule is CCC(C)(C)c1ccc(OCC(=O)Nc2cccc(C(=O)Nc3[nH]n(-c4c(Cl)ccc(OC)c4Cl)c(=O)c3-c3ccccc3NC(=O)O)c2)c(C(C)(C)CC)c1. The lowest BCUT2D eigenvalue weighted by Crippen LogP contribution is -2.24. The van der Waals surface area contributed by atoms with Crippen LogP contribution in [0.2, 0.25) is 10.0 Å². The number of ether oxygens (including phenoxy) is 2. The summed E-state index contributed by atoms with van der Waals surface area (Å²) < 4.78 is 12.5. The summed E-state index contributed by atoms with van der Waals surface area (Å²) in [7, 11) is 1.40. The van der Waals surface area contributed by atoms with E-state index in [2.05, 4.69) is 68.7 Å². The Morgan fingerprint density at radius 3 is 2.21 bits per heavy atom. The normalized spacial score (nSPS) is 11.5. The predicted molar refractivity (Wildman–Crippen MR) is 222 cm³/mol. The first kappa shape index (κ1) is 41.4. The highest BCUT2D eigenvalue weighted by Gasteiger charge is 2.28. The highest BCUT2D eigenvalue weighted by atomic mass is 35.5. The fraction of sp³-hybridized carbons (Fsp3) is 0.286. The number of carboxylic acid groups (broad SMARTS) is 1. The maximum absolute atomic E-state index is 14.1. The Kier molecular flexibility index (Phi) is 12.6. The molecule has 0 saturated carbocycles. The summed E-state index contributed by atoms with van der Waals surface area (Å²) in [6.07, 6.45) is 0.478. The first-order valence-electron chi connectivity index (χ1n) is 18.0. The topological polar surface area (TPSA) is 164 Å². The standard InChI is InChI=1S/C42H45Cl2N5O7/c1-8-41(3,4)25-17-19-31(28(22-25)42(5,6)9-2)56-23-33(50)45-26-14-12-13-24(21-26)38(51)47-37-34(27-15-10-11-16-30(27)46-40(53)54)39(52)49(48-37)36-29(43)18-20-32(55-7)35(36)44/h10-22,46,48H,8-9,23H2,1-7H3,(H,45,50)(H,47,51)(H,53,54). The van der Waals surface area contributed by atoms with Gasteiger partial charge in [0.1, 0.15) is 28.0 Å². The number of hydrogen-bond donors (Lipinski definition) is 5. The molecule has 1 heterocycles. The molecule has 3 amide bonds. The summed E-state index contributed by atoms with van der Waals surface area (Å²) in [5, 5.41) is 20.3. The summed E-state index contributed by atoms with van der Waals surface area (Å²) in [6.45, 7) is 12.7. The van der Waals surface area contributed by atoms with Gasteiger partial charge in [0.25, 0.3) is 17.4 Å². The van der Waals surface area contributed by atoms with Gasteiger partial charge in [-0.1, -0.05) is 101 Å². The van der Waals surface area contributed by atoms with Crippen LogP contribution in [0, 0.1) is 0 Å². The lowest BCUT2D eigenvalue weighted by Gasteiger charge is -2.30. The van der Waals surface area contributed by atoms with E-state index in [0.29, 0.717) is 11.4 Å². The van der Waals surface area contributed by atoms with Crippen LogP contribution in [0.3, 0.4) is 0 Å². The molecule has 0 aliphatic heterocycles. The molecule has 1 aromatic heterocycles. The van der Waals surface area contributed by atoms with Crippen LogP contribution >= 0.6 is 23.2 Å². The van der Waals surface area contributed by atoms with E-state index in [-0.39, 0.29) is 67.1 Å². The summed E-state index contributed by atoms with van der Waals surface area (Å²) in [4.78, 5) is 52.8. The highest BCUT2D eigenvalue weighted by Crippen LogP contribution is 2.40. The Morgan fingerprint density at radius 2 is 1.54 bits per heavy atom. The largest absolute Gasteiger partial charge is 0.495 e. The third-order valence-electron chi connectivity index (χ3n) is 10.1. The van der Waals surface area contributed by atoms with Crippen molar-refractivity contribution >= 4 is 58.3 Å². The third-order valence-corrected chi connectivity index (χ3v) is 10.7. The first-order valence-corrected chi connectivity index (χ1v) is 18.7. The minimum Gasteiger partial charge on any atom is -0.495 e. The van der Waals surface area contributed by atoms with Gasteiger partial charge in [0.2, 0.25) is 0 Å². The number of benzene rings is 4. The van der Waals surface area contributed by atoms with Gasteiger partial charge in [-0.2, -0.15) is 0 Å². The summed E-state index contributed by atoms with van der Waals surface area (Å²) in [6, 6.07) is 21.6. The van der Waals surface area contributed by atoms with Crippen molar-refractivity contribution in [1.29, 1.82) is 0 Å². The van der Waals surface area contributed by atoms with Gasteiger partial charge in [-0.3, -0.25) is 24.8 Å². The Balaban J connectivity index is 1.43. The van der Waals surface area contributed by atoms with Crippen LogP contribution in [0.1, 0.15) is 75.9 Å². The lowest BCUT2D eigenvalue weighted by molar-refractivity contribution is -0.118. The highest BCUT2D eigenvalue weighted by molar-refractivity contribution is 6.38. The summed E-state index contributed by atoms with van der Waals surface area (Å²) in [5.41, 5.74) is 1.97. The molecule has 0 bridgehead atoms. The van der Waals surface area contributed by atoms with Gasteiger partial charge >= 0.3 is 6.09 Å². The number of H-pyrrole nitrogens is 1. The minimum atomic E-state index is -1.36. The number of nitrogens with one attached hydrogen (secondary N) is 4. The number of rotatable bonds is 14. The van der Waals surface area contributed by atoms with Crippen LogP contribution < -0.4 is 31.0 Å². The maximum Gasteiger partial charge on any atom is 0.409 e. The van der Waals surface area contributed by atoms with Crippen molar-refractivity contribution < 1.29 is 29.0 Å². The van der Waals surface area contributed by atoms with Crippen molar-refractivity contribution in [3.63, 3.8) is 0 Å². The van der Waals surface area contributed by atoms with Crippen molar-refractivity contribution in [1.82, 2.24) is 9.78 Å². The average Bonchev–Trinajstić information content (AvgIpc) is 3.47. The molecule has 5 rings (SSSR count). The number of nitrogens with zero attached hydrogens (tertiary/aromatic N) is 1. The van der Waals surface area contributed by atoms with Gasteiger partial charge in [0, 0.05) is 22.4 Å². The molecule has 0 radical (unpaired) electrons. The molecule has 5 N–H and O–H groups in total. The van der Waals surface area contributed by atoms with Crippen molar-refractivity contribution in [3.8, 4) is 28.3 Å². The number of para-hydroxylation sites is 1. The number of anilines is 3. The number of aromatic nitrogens is 2. The number of carbonyl (C=O) groups is 3. The van der Waals surface area contributed by atoms with Crippen LogP contribution in [0.25, 0.3) is 16.8 Å². The summed E-state index contributed by atoms with van der Waals surface area (Å²) >= 11 is 13.1. The number of aromatic amines is 1. The molecule has 0 aliphatic rings. The Labute approximate surface area is 335 Å². The van der Waals surface area contributed by atoms with Crippen LogP contribution in [-0.4, -0.2) is 46.5 Å². The molecular weight excluding hydrogens is 757 g/mol. The minimum absolute atomic E-state index is 0.0138. The second-order valence-electron chi connectivity index (χ2n) is 14.4. The molecule has 5 aromatic rings. The Morgan fingerprint density at radius 1 is 0.839 bits per heavy atom. The van der Waals surface area contributed by atoms with E-state index in [4.69, 9.17) is 32.7 Å². The smallest absolute Gasteiger partial charge is 0.409 e. The van der Waals surface area contributed by atoms with Crippen molar-refractivity contribution in [2.45, 2.75) is 65.2 Å².